The van der Waals surface area contributed by atoms with Gasteiger partial charge in [-0.3, -0.25) is 0 Å². The fourth-order valence-electron chi connectivity index (χ4n) is 0.959. The molecule has 0 aliphatic carbocycles. The normalized spacial score (nSPS) is 12.0. The van der Waals surface area contributed by atoms with Crippen LogP contribution in [0.1, 0.15) is 5.56 Å². The van der Waals surface area contributed by atoms with Gasteiger partial charge in [-0.05, 0) is 0 Å². The molecule has 0 amide bonds. The zero-order valence-corrected chi connectivity index (χ0v) is 13.0. The predicted molar refractivity (Wildman–Crippen MR) is 53.7 cm³/mol. The van der Waals surface area contributed by atoms with Crippen LogP contribution in [0.15, 0.2) is 16.6 Å². The summed E-state index contributed by atoms with van der Waals surface area (Å²) in [7, 11) is 0. The molecule has 1 aromatic carbocycles. The van der Waals surface area contributed by atoms with Gasteiger partial charge in [0.1, 0.15) is 11.5 Å². The molecule has 0 N–H and O–H groups in total. The van der Waals surface area contributed by atoms with E-state index in [0.29, 0.717) is 6.79 Å². The summed E-state index contributed by atoms with van der Waals surface area (Å²) in [5, 5.41) is 0. The third-order valence-electron chi connectivity index (χ3n) is 1.54. The third kappa shape index (κ3) is 2.61. The summed E-state index contributed by atoms with van der Waals surface area (Å²) >= 11 is 7.60. The molecule has 5 heteroatoms. The zero-order valence-electron chi connectivity index (χ0n) is 6.85. The van der Waals surface area contributed by atoms with Crippen molar-refractivity contribution >= 4 is 29.6 Å². The van der Waals surface area contributed by atoms with E-state index in [4.69, 9.17) is 9.47 Å². The molecule has 66 valence electrons. The Bertz CT molecular complexity index is 275. The van der Waals surface area contributed by atoms with Crippen LogP contribution in [0.3, 0.4) is 0 Å². The van der Waals surface area contributed by atoms with Crippen molar-refractivity contribution in [3.8, 4) is 11.5 Å². The maximum atomic E-state index is 5.15. The molecule has 13 heavy (non-hydrogen) atoms. The van der Waals surface area contributed by atoms with Gasteiger partial charge in [-0.2, -0.15) is 12.5 Å². The van der Waals surface area contributed by atoms with Crippen molar-refractivity contribution in [2.45, 2.75) is 0 Å². The van der Waals surface area contributed by atoms with Crippen LogP contribution in [0.2, 0.25) is 0 Å². The van der Waals surface area contributed by atoms with Gasteiger partial charge in [-0.25, -0.2) is 0 Å². The summed E-state index contributed by atoms with van der Waals surface area (Å²) < 4.78 is 11.3. The summed E-state index contributed by atoms with van der Waals surface area (Å²) in [6.45, 7) is 4.13. The Hall–Kier alpha value is 0.273. The first kappa shape index (κ1) is 11.3. The van der Waals surface area contributed by atoms with Crippen LogP contribution in [0.25, 0.3) is 0 Å². The van der Waals surface area contributed by atoms with Crippen LogP contribution < -0.4 is 9.47 Å². The summed E-state index contributed by atoms with van der Waals surface area (Å²) in [5.41, 5.74) is 0.911. The van der Waals surface area contributed by atoms with Gasteiger partial charge in [0.05, 0.1) is 0 Å². The minimum atomic E-state index is 0.311. The summed E-state index contributed by atoms with van der Waals surface area (Å²) in [4.78, 5) is 0. The van der Waals surface area contributed by atoms with Gasteiger partial charge < -0.3 is 9.47 Å². The van der Waals surface area contributed by atoms with Gasteiger partial charge in [0.2, 0.25) is 6.79 Å². The van der Waals surface area contributed by atoms with Crippen molar-refractivity contribution in [1.29, 1.82) is 0 Å². The molecule has 0 atom stereocenters. The molecule has 2 nitrogen and oxygen atoms in total. The molecule has 0 spiro atoms. The molecule has 0 radical (unpaired) electrons. The molecule has 0 fully saturated rings. The van der Waals surface area contributed by atoms with Crippen molar-refractivity contribution < 1.29 is 25.8 Å². The van der Waals surface area contributed by atoms with Crippen LogP contribution in [-0.2, 0) is 16.3 Å². The summed E-state index contributed by atoms with van der Waals surface area (Å²) in [6.07, 6.45) is 0. The quantitative estimate of drug-likeness (QED) is 0.523. The zero-order chi connectivity index (χ0) is 9.84. The Kier molecular flexibility index (Phi) is 4.56. The second-order valence-electron chi connectivity index (χ2n) is 2.30. The molecule has 1 heterocycles. The first-order valence-corrected chi connectivity index (χ1v) is 11.2. The van der Waals surface area contributed by atoms with E-state index in [1.54, 1.807) is 0 Å². The predicted octanol–water partition coefficient (Wildman–Crippen LogP) is 3.20. The monoisotopic (exact) mass is 356 g/mol. The number of rotatable bonds is 0. The molecule has 0 unspecified atom stereocenters. The average Bonchev–Trinajstić information content (AvgIpc) is 2.56. The van der Waals surface area contributed by atoms with Crippen molar-refractivity contribution in [2.24, 2.45) is 0 Å². The molecule has 1 aliphatic rings. The van der Waals surface area contributed by atoms with Crippen LogP contribution in [0.5, 0.6) is 11.5 Å². The van der Waals surface area contributed by atoms with E-state index in [-0.39, 0.29) is 0 Å². The Labute approximate surface area is 102 Å². The van der Waals surface area contributed by atoms with E-state index >= 15 is 0 Å². The SMILES string of the molecule is [CH2-]c1cc2c(cc1Br)OCO2.[Zn+][Br]. The third-order valence-corrected chi connectivity index (χ3v) is 2.28. The van der Waals surface area contributed by atoms with Crippen molar-refractivity contribution in [1.82, 2.24) is 0 Å². The van der Waals surface area contributed by atoms with E-state index in [0.717, 1.165) is 21.5 Å². The second kappa shape index (κ2) is 5.23. The number of ether oxygens (including phenoxy) is 2. The maximum absolute atomic E-state index is 5.15. The Morgan fingerprint density at radius 3 is 2.38 bits per heavy atom. The molecule has 0 bridgehead atoms. The topological polar surface area (TPSA) is 18.5 Å². The average molecular weight is 359 g/mol. The van der Waals surface area contributed by atoms with Crippen molar-refractivity contribution in [3.05, 3.63) is 29.1 Å². The second-order valence-corrected chi connectivity index (χ2v) is 3.15. The van der Waals surface area contributed by atoms with E-state index in [2.05, 4.69) is 36.5 Å². The van der Waals surface area contributed by atoms with Crippen LogP contribution in [0.4, 0.5) is 0 Å². The van der Waals surface area contributed by atoms with Crippen molar-refractivity contribution in [3.63, 3.8) is 0 Å². The van der Waals surface area contributed by atoms with Gasteiger partial charge in [-0.1, -0.05) is 10.5 Å². The number of hydrogen-bond acceptors (Lipinski definition) is 2. The van der Waals surface area contributed by atoms with Crippen LogP contribution >= 0.6 is 29.6 Å². The first-order chi connectivity index (χ1) is 6.27. The summed E-state index contributed by atoms with van der Waals surface area (Å²) in [6, 6.07) is 3.72. The number of benzene rings is 1. The van der Waals surface area contributed by atoms with Crippen molar-refractivity contribution in [2.75, 3.05) is 6.79 Å². The van der Waals surface area contributed by atoms with E-state index in [1.807, 2.05) is 12.1 Å². The van der Waals surface area contributed by atoms with E-state index in [1.165, 1.54) is 16.3 Å². The number of halogens is 2. The van der Waals surface area contributed by atoms with Gasteiger partial charge in [-0.15, -0.1) is 22.0 Å². The molecule has 0 saturated carbocycles. The Balaban J connectivity index is 0.000000396. The standard InChI is InChI=1S/C8H6BrO2.BrH.Zn/c1-5-2-7-8(3-6(5)9)11-4-10-7;;/h2-3H,1,4H2;1H;/q-1;;+2/p-1. The molecular formula is C8H6Br2O2Zn. The number of fused-ring (bicyclic) bond motifs is 1. The molecule has 1 aliphatic heterocycles. The first-order valence-electron chi connectivity index (χ1n) is 3.45. The molecule has 2 rings (SSSR count). The molecule has 0 saturated heterocycles. The molecular weight excluding hydrogens is 353 g/mol. The van der Waals surface area contributed by atoms with Gasteiger partial charge in [0, 0.05) is 0 Å². The van der Waals surface area contributed by atoms with Gasteiger partial charge in [0.15, 0.2) is 0 Å². The number of hydrogen-bond donors (Lipinski definition) is 0. The Morgan fingerprint density at radius 2 is 1.77 bits per heavy atom. The summed E-state index contributed by atoms with van der Waals surface area (Å²) in [5.74, 6) is 1.56. The van der Waals surface area contributed by atoms with Gasteiger partial charge in [0.25, 0.3) is 0 Å². The van der Waals surface area contributed by atoms with Crippen LogP contribution in [-0.4, -0.2) is 6.79 Å². The van der Waals surface area contributed by atoms with Gasteiger partial charge >= 0.3 is 30.0 Å². The fourth-order valence-corrected chi connectivity index (χ4v) is 1.28. The minimum absolute atomic E-state index is 0.311. The fraction of sp³-hybridized carbons (Fsp3) is 0.125. The van der Waals surface area contributed by atoms with E-state index < -0.39 is 0 Å². The Morgan fingerprint density at radius 1 is 1.23 bits per heavy atom. The molecule has 0 aromatic heterocycles. The molecule has 1 aromatic rings. The van der Waals surface area contributed by atoms with Crippen LogP contribution in [0, 0.1) is 6.92 Å². The van der Waals surface area contributed by atoms with E-state index in [9.17, 15) is 0 Å².